The van der Waals surface area contributed by atoms with E-state index in [0.717, 1.165) is 4.90 Å². The van der Waals surface area contributed by atoms with E-state index in [2.05, 4.69) is 15.4 Å². The van der Waals surface area contributed by atoms with E-state index in [-0.39, 0.29) is 18.2 Å². The SMILES string of the molecule is Cc1nn(CC(=O)O)c(C)c1NC(=O)CSc1ccncc1. The molecule has 0 bridgehead atoms. The summed E-state index contributed by atoms with van der Waals surface area (Å²) in [6.07, 6.45) is 3.34. The topological polar surface area (TPSA) is 97.1 Å². The summed E-state index contributed by atoms with van der Waals surface area (Å²) in [4.78, 5) is 27.7. The van der Waals surface area contributed by atoms with Gasteiger partial charge in [0.1, 0.15) is 6.54 Å². The summed E-state index contributed by atoms with van der Waals surface area (Å²) in [5, 5.41) is 15.7. The van der Waals surface area contributed by atoms with Crippen LogP contribution in [0.15, 0.2) is 29.4 Å². The number of aromatic nitrogens is 3. The lowest BCUT2D eigenvalue weighted by molar-refractivity contribution is -0.137. The van der Waals surface area contributed by atoms with Crippen LogP contribution in [-0.4, -0.2) is 37.5 Å². The molecule has 0 spiro atoms. The number of thioether (sulfide) groups is 1. The molecule has 2 heterocycles. The van der Waals surface area contributed by atoms with E-state index in [9.17, 15) is 9.59 Å². The van der Waals surface area contributed by atoms with Crippen LogP contribution in [0.3, 0.4) is 0 Å². The first-order chi connectivity index (χ1) is 10.5. The molecule has 0 saturated carbocycles. The Kier molecular flexibility index (Phi) is 5.16. The van der Waals surface area contributed by atoms with Gasteiger partial charge in [-0.15, -0.1) is 11.8 Å². The lowest BCUT2D eigenvalue weighted by Gasteiger charge is -2.06. The minimum Gasteiger partial charge on any atom is -0.480 e. The Morgan fingerprint density at radius 1 is 1.32 bits per heavy atom. The zero-order valence-electron chi connectivity index (χ0n) is 12.2. The minimum absolute atomic E-state index is 0.164. The number of carboxylic acids is 1. The van der Waals surface area contributed by atoms with Crippen molar-refractivity contribution in [2.45, 2.75) is 25.3 Å². The van der Waals surface area contributed by atoms with E-state index < -0.39 is 5.97 Å². The average Bonchev–Trinajstić information content (AvgIpc) is 2.73. The molecule has 116 valence electrons. The van der Waals surface area contributed by atoms with Crippen molar-refractivity contribution in [3.8, 4) is 0 Å². The van der Waals surface area contributed by atoms with Gasteiger partial charge in [-0.3, -0.25) is 19.3 Å². The van der Waals surface area contributed by atoms with Crippen molar-refractivity contribution in [2.75, 3.05) is 11.1 Å². The van der Waals surface area contributed by atoms with E-state index in [1.165, 1.54) is 16.4 Å². The van der Waals surface area contributed by atoms with E-state index in [4.69, 9.17) is 5.11 Å². The number of pyridine rings is 1. The second-order valence-electron chi connectivity index (χ2n) is 4.62. The number of hydrogen-bond acceptors (Lipinski definition) is 5. The Labute approximate surface area is 131 Å². The van der Waals surface area contributed by atoms with Crippen molar-refractivity contribution in [1.29, 1.82) is 0 Å². The second kappa shape index (κ2) is 7.08. The summed E-state index contributed by atoms with van der Waals surface area (Å²) in [5.74, 6) is -0.882. The second-order valence-corrected chi connectivity index (χ2v) is 5.67. The van der Waals surface area contributed by atoms with Crippen LogP contribution in [0.25, 0.3) is 0 Å². The Morgan fingerprint density at radius 2 is 2.00 bits per heavy atom. The van der Waals surface area contributed by atoms with Gasteiger partial charge in [-0.05, 0) is 26.0 Å². The molecule has 7 nitrogen and oxygen atoms in total. The van der Waals surface area contributed by atoms with Crippen LogP contribution in [0.5, 0.6) is 0 Å². The van der Waals surface area contributed by atoms with Gasteiger partial charge in [0, 0.05) is 17.3 Å². The summed E-state index contributed by atoms with van der Waals surface area (Å²) >= 11 is 1.40. The van der Waals surface area contributed by atoms with Gasteiger partial charge in [0.15, 0.2) is 0 Å². The number of aliphatic carboxylic acids is 1. The Hall–Kier alpha value is -2.35. The average molecular weight is 320 g/mol. The molecule has 22 heavy (non-hydrogen) atoms. The molecule has 1 amide bonds. The molecule has 0 fully saturated rings. The maximum absolute atomic E-state index is 12.0. The first-order valence-corrected chi connectivity index (χ1v) is 7.54. The molecule has 2 N–H and O–H groups in total. The molecular formula is C14H16N4O3S. The molecule has 0 aliphatic heterocycles. The standard InChI is InChI=1S/C14H16N4O3S/c1-9-14(10(2)18(17-9)7-13(20)21)16-12(19)8-22-11-3-5-15-6-4-11/h3-6H,7-8H2,1-2H3,(H,16,19)(H,20,21). The van der Waals surface area contributed by atoms with Crippen LogP contribution in [0, 0.1) is 13.8 Å². The van der Waals surface area contributed by atoms with Crippen molar-refractivity contribution >= 4 is 29.3 Å². The molecule has 2 rings (SSSR count). The lowest BCUT2D eigenvalue weighted by atomic mass is 10.3. The number of nitrogens with one attached hydrogen (secondary N) is 1. The smallest absolute Gasteiger partial charge is 0.325 e. The van der Waals surface area contributed by atoms with Crippen molar-refractivity contribution in [3.63, 3.8) is 0 Å². The number of carbonyl (C=O) groups is 2. The molecule has 0 saturated heterocycles. The zero-order chi connectivity index (χ0) is 16.1. The molecule has 0 aliphatic rings. The molecule has 2 aromatic heterocycles. The summed E-state index contributed by atoms with van der Waals surface area (Å²) in [7, 11) is 0. The van der Waals surface area contributed by atoms with Crippen molar-refractivity contribution in [1.82, 2.24) is 14.8 Å². The molecule has 0 aliphatic carbocycles. The van der Waals surface area contributed by atoms with Gasteiger partial charge in [-0.1, -0.05) is 0 Å². The molecule has 0 atom stereocenters. The largest absolute Gasteiger partial charge is 0.480 e. The zero-order valence-corrected chi connectivity index (χ0v) is 13.1. The van der Waals surface area contributed by atoms with Crippen molar-refractivity contribution in [2.24, 2.45) is 0 Å². The van der Waals surface area contributed by atoms with E-state index in [0.29, 0.717) is 17.1 Å². The molecule has 0 aromatic carbocycles. The maximum Gasteiger partial charge on any atom is 0.325 e. The highest BCUT2D eigenvalue weighted by Gasteiger charge is 2.15. The van der Waals surface area contributed by atoms with E-state index >= 15 is 0 Å². The number of anilines is 1. The number of rotatable bonds is 6. The van der Waals surface area contributed by atoms with Gasteiger partial charge >= 0.3 is 5.97 Å². The first kappa shape index (κ1) is 16.0. The lowest BCUT2D eigenvalue weighted by Crippen LogP contribution is -2.16. The van der Waals surface area contributed by atoms with Gasteiger partial charge < -0.3 is 10.4 Å². The third-order valence-corrected chi connectivity index (χ3v) is 3.96. The van der Waals surface area contributed by atoms with Gasteiger partial charge in [0.05, 0.1) is 22.8 Å². The Morgan fingerprint density at radius 3 is 2.64 bits per heavy atom. The van der Waals surface area contributed by atoms with Crippen LogP contribution < -0.4 is 5.32 Å². The highest BCUT2D eigenvalue weighted by Crippen LogP contribution is 2.21. The normalized spacial score (nSPS) is 10.5. The monoisotopic (exact) mass is 320 g/mol. The fraction of sp³-hybridized carbons (Fsp3) is 0.286. The summed E-state index contributed by atoms with van der Waals surface area (Å²) in [6, 6.07) is 3.67. The van der Waals surface area contributed by atoms with E-state index in [1.807, 2.05) is 12.1 Å². The summed E-state index contributed by atoms with van der Waals surface area (Å²) < 4.78 is 1.36. The quantitative estimate of drug-likeness (QED) is 0.787. The van der Waals surface area contributed by atoms with Gasteiger partial charge in [0.2, 0.25) is 5.91 Å². The number of hydrogen-bond donors (Lipinski definition) is 2. The molecule has 2 aromatic rings. The first-order valence-electron chi connectivity index (χ1n) is 6.56. The van der Waals surface area contributed by atoms with Gasteiger partial charge in [-0.25, -0.2) is 0 Å². The number of nitrogens with zero attached hydrogens (tertiary/aromatic N) is 3. The van der Waals surface area contributed by atoms with Crippen LogP contribution in [-0.2, 0) is 16.1 Å². The number of carbonyl (C=O) groups excluding carboxylic acids is 1. The third kappa shape index (κ3) is 4.08. The van der Waals surface area contributed by atoms with Crippen molar-refractivity contribution in [3.05, 3.63) is 35.9 Å². The van der Waals surface area contributed by atoms with Crippen LogP contribution in [0.4, 0.5) is 5.69 Å². The predicted molar refractivity (Wildman–Crippen MR) is 82.9 cm³/mol. The minimum atomic E-state index is -0.975. The molecule has 0 unspecified atom stereocenters. The maximum atomic E-state index is 12.0. The Bertz CT molecular complexity index is 685. The highest BCUT2D eigenvalue weighted by atomic mass is 32.2. The molecule has 8 heteroatoms. The third-order valence-electron chi connectivity index (χ3n) is 2.95. The predicted octanol–water partition coefficient (Wildman–Crippen LogP) is 1.71. The fourth-order valence-corrected chi connectivity index (χ4v) is 2.60. The van der Waals surface area contributed by atoms with E-state index in [1.54, 1.807) is 26.2 Å². The number of aryl methyl sites for hydroxylation is 1. The molecule has 0 radical (unpaired) electrons. The summed E-state index contributed by atoms with van der Waals surface area (Å²) in [5.41, 5.74) is 1.80. The van der Waals surface area contributed by atoms with Crippen LogP contribution in [0.2, 0.25) is 0 Å². The van der Waals surface area contributed by atoms with Crippen LogP contribution in [0.1, 0.15) is 11.4 Å². The highest BCUT2D eigenvalue weighted by molar-refractivity contribution is 8.00. The number of carboxylic acid groups (broad SMARTS) is 1. The van der Waals surface area contributed by atoms with Gasteiger partial charge in [0.25, 0.3) is 0 Å². The van der Waals surface area contributed by atoms with Gasteiger partial charge in [-0.2, -0.15) is 5.10 Å². The Balaban J connectivity index is 1.99. The number of amides is 1. The fourth-order valence-electron chi connectivity index (χ4n) is 1.92. The van der Waals surface area contributed by atoms with Crippen LogP contribution >= 0.6 is 11.8 Å². The summed E-state index contributed by atoms with van der Waals surface area (Å²) in [6.45, 7) is 3.24. The molecular weight excluding hydrogens is 304 g/mol. The van der Waals surface area contributed by atoms with Crippen molar-refractivity contribution < 1.29 is 14.7 Å².